The number of carbonyl (C=O) groups excluding carboxylic acids is 1. The van der Waals surface area contributed by atoms with Crippen LogP contribution in [0.4, 0.5) is 0 Å². The summed E-state index contributed by atoms with van der Waals surface area (Å²) < 4.78 is 11.9. The van der Waals surface area contributed by atoms with Gasteiger partial charge in [-0.05, 0) is 26.0 Å². The van der Waals surface area contributed by atoms with E-state index >= 15 is 0 Å². The van der Waals surface area contributed by atoms with Crippen LogP contribution >= 0.6 is 0 Å². The summed E-state index contributed by atoms with van der Waals surface area (Å²) in [5, 5.41) is 4.44. The summed E-state index contributed by atoms with van der Waals surface area (Å²) in [6, 6.07) is 3.71. The molecule has 5 heterocycles. The van der Waals surface area contributed by atoms with E-state index in [2.05, 4.69) is 22.0 Å². The highest BCUT2D eigenvalue weighted by molar-refractivity contribution is 5.93. The largest absolute Gasteiger partial charge is 0.471 e. The second-order valence-corrected chi connectivity index (χ2v) is 8.09. The highest BCUT2D eigenvalue weighted by Crippen LogP contribution is 2.30. The summed E-state index contributed by atoms with van der Waals surface area (Å²) in [6.45, 7) is 6.04. The van der Waals surface area contributed by atoms with Crippen LogP contribution in [0.1, 0.15) is 29.5 Å². The van der Waals surface area contributed by atoms with Crippen LogP contribution in [-0.2, 0) is 20.6 Å². The molecule has 4 aromatic heterocycles. The lowest BCUT2D eigenvalue weighted by atomic mass is 10.2. The van der Waals surface area contributed by atoms with Crippen molar-refractivity contribution in [3.05, 3.63) is 42.2 Å². The first-order chi connectivity index (χ1) is 15.5. The molecule has 1 unspecified atom stereocenters. The molecule has 4 aromatic rings. The number of carbonyl (C=O) groups is 1. The molecule has 0 aliphatic carbocycles. The van der Waals surface area contributed by atoms with Gasteiger partial charge in [-0.1, -0.05) is 0 Å². The highest BCUT2D eigenvalue weighted by atomic mass is 16.5. The van der Waals surface area contributed by atoms with Gasteiger partial charge in [-0.2, -0.15) is 10.1 Å². The number of hydrogen-bond acceptors (Lipinski definition) is 6. The lowest BCUT2D eigenvalue weighted by Gasteiger charge is -2.17. The molecule has 1 saturated heterocycles. The van der Waals surface area contributed by atoms with Crippen LogP contribution < -0.4 is 4.74 Å². The molecule has 1 fully saturated rings. The number of amides is 1. The van der Waals surface area contributed by atoms with Crippen molar-refractivity contribution < 1.29 is 9.53 Å². The Bertz CT molecular complexity index is 1300. The average Bonchev–Trinajstić information content (AvgIpc) is 3.56. The molecular formula is C22H26N8O2. The van der Waals surface area contributed by atoms with Crippen molar-refractivity contribution in [1.82, 2.24) is 38.8 Å². The predicted octanol–water partition coefficient (Wildman–Crippen LogP) is 2.19. The fraction of sp³-hybridized carbons (Fsp3) is 0.409. The fourth-order valence-corrected chi connectivity index (χ4v) is 4.30. The Hall–Kier alpha value is -3.69. The summed E-state index contributed by atoms with van der Waals surface area (Å²) in [5.74, 6) is 1.23. The van der Waals surface area contributed by atoms with Crippen LogP contribution in [0.15, 0.2) is 30.9 Å². The first-order valence-corrected chi connectivity index (χ1v) is 10.7. The second kappa shape index (κ2) is 7.77. The minimum atomic E-state index is -0.146. The lowest BCUT2D eigenvalue weighted by molar-refractivity contribution is 0.0762. The van der Waals surface area contributed by atoms with E-state index in [1.165, 1.54) is 6.33 Å². The summed E-state index contributed by atoms with van der Waals surface area (Å²) in [4.78, 5) is 28.2. The summed E-state index contributed by atoms with van der Waals surface area (Å²) in [7, 11) is 3.81. The molecule has 5 rings (SSSR count). The van der Waals surface area contributed by atoms with Gasteiger partial charge in [0.05, 0.1) is 18.3 Å². The van der Waals surface area contributed by atoms with E-state index in [0.29, 0.717) is 35.8 Å². The Morgan fingerprint density at radius 3 is 2.84 bits per heavy atom. The molecule has 0 aromatic carbocycles. The SMILES string of the molecule is CCn1ncc(-c2nc3c(OC4CCN(C(=O)c5cccn5C)C4)ncnc3n2C)c1C. The number of ether oxygens (including phenoxy) is 1. The average molecular weight is 435 g/mol. The smallest absolute Gasteiger partial charge is 0.270 e. The Balaban J connectivity index is 1.40. The van der Waals surface area contributed by atoms with Gasteiger partial charge in [0.15, 0.2) is 11.2 Å². The molecule has 10 nitrogen and oxygen atoms in total. The Morgan fingerprint density at radius 2 is 2.12 bits per heavy atom. The maximum atomic E-state index is 12.8. The van der Waals surface area contributed by atoms with E-state index in [1.54, 1.807) is 0 Å². The van der Waals surface area contributed by atoms with Gasteiger partial charge in [0.1, 0.15) is 23.9 Å². The molecule has 0 spiro atoms. The van der Waals surface area contributed by atoms with Gasteiger partial charge in [-0.3, -0.25) is 9.48 Å². The third-order valence-corrected chi connectivity index (χ3v) is 6.14. The van der Waals surface area contributed by atoms with Crippen LogP contribution in [0, 0.1) is 6.92 Å². The van der Waals surface area contributed by atoms with E-state index in [-0.39, 0.29) is 12.0 Å². The van der Waals surface area contributed by atoms with Gasteiger partial charge in [0.25, 0.3) is 5.91 Å². The topological polar surface area (TPSA) is 95.9 Å². The zero-order chi connectivity index (χ0) is 22.4. The van der Waals surface area contributed by atoms with Gasteiger partial charge in [-0.25, -0.2) is 9.97 Å². The predicted molar refractivity (Wildman–Crippen MR) is 118 cm³/mol. The zero-order valence-electron chi connectivity index (χ0n) is 18.7. The van der Waals surface area contributed by atoms with Crippen molar-refractivity contribution in [2.24, 2.45) is 14.1 Å². The molecule has 0 radical (unpaired) electrons. The van der Waals surface area contributed by atoms with Crippen molar-refractivity contribution in [3.63, 3.8) is 0 Å². The third kappa shape index (κ3) is 3.22. The molecule has 0 bridgehead atoms. The molecular weight excluding hydrogens is 408 g/mol. The normalized spacial score (nSPS) is 16.2. The molecule has 1 aliphatic heterocycles. The number of aromatic nitrogens is 7. The van der Waals surface area contributed by atoms with E-state index in [0.717, 1.165) is 30.0 Å². The number of hydrogen-bond donors (Lipinski definition) is 0. The maximum absolute atomic E-state index is 12.8. The van der Waals surface area contributed by atoms with Crippen molar-refractivity contribution in [3.8, 4) is 17.3 Å². The first kappa shape index (κ1) is 20.2. The zero-order valence-corrected chi connectivity index (χ0v) is 18.7. The van der Waals surface area contributed by atoms with Crippen molar-refractivity contribution >= 4 is 17.1 Å². The number of imidazole rings is 1. The van der Waals surface area contributed by atoms with E-state index < -0.39 is 0 Å². The van der Waals surface area contributed by atoms with Crippen molar-refractivity contribution in [2.45, 2.75) is 32.9 Å². The van der Waals surface area contributed by atoms with E-state index in [9.17, 15) is 4.79 Å². The van der Waals surface area contributed by atoms with Gasteiger partial charge >= 0.3 is 0 Å². The van der Waals surface area contributed by atoms with Gasteiger partial charge < -0.3 is 18.8 Å². The first-order valence-electron chi connectivity index (χ1n) is 10.7. The number of likely N-dealkylation sites (tertiary alicyclic amines) is 1. The number of aryl methyl sites for hydroxylation is 3. The Labute approximate surface area is 185 Å². The third-order valence-electron chi connectivity index (χ3n) is 6.14. The molecule has 166 valence electrons. The molecule has 0 N–H and O–H groups in total. The molecule has 1 aliphatic rings. The molecule has 32 heavy (non-hydrogen) atoms. The van der Waals surface area contributed by atoms with Crippen LogP contribution in [0.3, 0.4) is 0 Å². The Morgan fingerprint density at radius 1 is 1.28 bits per heavy atom. The maximum Gasteiger partial charge on any atom is 0.270 e. The van der Waals surface area contributed by atoms with E-state index in [4.69, 9.17) is 9.72 Å². The molecule has 1 amide bonds. The summed E-state index contributed by atoms with van der Waals surface area (Å²) in [5.41, 5.74) is 3.99. The van der Waals surface area contributed by atoms with Crippen LogP contribution in [0.2, 0.25) is 0 Å². The fourth-order valence-electron chi connectivity index (χ4n) is 4.30. The monoisotopic (exact) mass is 434 g/mol. The number of fused-ring (bicyclic) bond motifs is 1. The molecule has 1 atom stereocenters. The van der Waals surface area contributed by atoms with Gasteiger partial charge in [0, 0.05) is 45.5 Å². The molecule has 0 saturated carbocycles. The minimum Gasteiger partial charge on any atom is -0.471 e. The number of rotatable bonds is 5. The van der Waals surface area contributed by atoms with Gasteiger partial charge in [-0.15, -0.1) is 0 Å². The van der Waals surface area contributed by atoms with E-state index in [1.807, 2.05) is 64.3 Å². The van der Waals surface area contributed by atoms with Crippen LogP contribution in [0.25, 0.3) is 22.6 Å². The quantitative estimate of drug-likeness (QED) is 0.478. The lowest BCUT2D eigenvalue weighted by Crippen LogP contribution is -2.32. The standard InChI is InChI=1S/C22H26N8O2/c1-5-30-14(2)16(11-25-30)19-26-18-20(28(19)4)23-13-24-21(18)32-15-8-10-29(12-15)22(31)17-7-6-9-27(17)3/h6-7,9,11,13,15H,5,8,10,12H2,1-4H3. The van der Waals surface area contributed by atoms with Crippen molar-refractivity contribution in [2.75, 3.05) is 13.1 Å². The van der Waals surface area contributed by atoms with Crippen molar-refractivity contribution in [1.29, 1.82) is 0 Å². The molecule has 10 heteroatoms. The van der Waals surface area contributed by atoms with Gasteiger partial charge in [0.2, 0.25) is 5.88 Å². The second-order valence-electron chi connectivity index (χ2n) is 8.09. The summed E-state index contributed by atoms with van der Waals surface area (Å²) >= 11 is 0. The highest BCUT2D eigenvalue weighted by Gasteiger charge is 2.30. The number of nitrogens with zero attached hydrogens (tertiary/aromatic N) is 8. The van der Waals surface area contributed by atoms with Crippen LogP contribution in [-0.4, -0.2) is 63.9 Å². The van der Waals surface area contributed by atoms with Crippen LogP contribution in [0.5, 0.6) is 5.88 Å². The summed E-state index contributed by atoms with van der Waals surface area (Å²) in [6.07, 6.45) is 5.79. The minimum absolute atomic E-state index is 0.0139. The Kier molecular flexibility index (Phi) is 4.91.